The summed E-state index contributed by atoms with van der Waals surface area (Å²) in [6.45, 7) is 4.77. The molecule has 4 nitrogen and oxygen atoms in total. The Balaban J connectivity index is 2.19. The highest BCUT2D eigenvalue weighted by molar-refractivity contribution is 9.11. The van der Waals surface area contributed by atoms with Crippen LogP contribution in [0.1, 0.15) is 18.7 Å². The Morgan fingerprint density at radius 1 is 1.40 bits per heavy atom. The number of sulfonamides is 1. The van der Waals surface area contributed by atoms with Crippen LogP contribution in [0.2, 0.25) is 0 Å². The van der Waals surface area contributed by atoms with Gasteiger partial charge < -0.3 is 5.32 Å². The van der Waals surface area contributed by atoms with Crippen molar-refractivity contribution in [3.8, 4) is 0 Å². The zero-order valence-corrected chi connectivity index (χ0v) is 15.0. The molecule has 0 unspecified atom stereocenters. The molecule has 0 spiro atoms. The molecule has 2 aromatic heterocycles. The first-order valence-corrected chi connectivity index (χ1v) is 9.98. The summed E-state index contributed by atoms with van der Waals surface area (Å²) in [5, 5.41) is 6.87. The van der Waals surface area contributed by atoms with Crippen molar-refractivity contribution in [1.82, 2.24) is 5.32 Å². The van der Waals surface area contributed by atoms with E-state index >= 15 is 0 Å². The lowest BCUT2D eigenvalue weighted by molar-refractivity contribution is 0.592. The van der Waals surface area contributed by atoms with Crippen LogP contribution in [0.4, 0.5) is 5.69 Å². The van der Waals surface area contributed by atoms with Crippen LogP contribution in [0.3, 0.4) is 0 Å². The summed E-state index contributed by atoms with van der Waals surface area (Å²) in [5.74, 6) is 0. The van der Waals surface area contributed by atoms with Crippen LogP contribution in [0.5, 0.6) is 0 Å². The molecule has 2 aromatic rings. The van der Waals surface area contributed by atoms with Gasteiger partial charge in [0.15, 0.2) is 0 Å². The molecule has 0 aliphatic carbocycles. The quantitative estimate of drug-likeness (QED) is 0.781. The van der Waals surface area contributed by atoms with E-state index in [1.54, 1.807) is 17.5 Å². The first-order chi connectivity index (χ1) is 9.38. The number of nitrogens with one attached hydrogen (secondary N) is 2. The molecule has 0 aliphatic heterocycles. The third-order valence-corrected chi connectivity index (χ3v) is 6.77. The van der Waals surface area contributed by atoms with Crippen LogP contribution < -0.4 is 10.0 Å². The lowest BCUT2D eigenvalue weighted by atomic mass is 10.4. The smallest absolute Gasteiger partial charge is 0.263 e. The monoisotopic (exact) mass is 394 g/mol. The van der Waals surface area contributed by atoms with Crippen LogP contribution >= 0.6 is 38.6 Å². The second-order valence-electron chi connectivity index (χ2n) is 4.50. The first kappa shape index (κ1) is 16.0. The van der Waals surface area contributed by atoms with Gasteiger partial charge in [-0.3, -0.25) is 4.72 Å². The largest absolute Gasteiger partial charge is 0.310 e. The molecule has 0 aliphatic rings. The van der Waals surface area contributed by atoms with Gasteiger partial charge >= 0.3 is 0 Å². The average molecular weight is 395 g/mol. The van der Waals surface area contributed by atoms with E-state index in [9.17, 15) is 8.42 Å². The van der Waals surface area contributed by atoms with Gasteiger partial charge in [-0.2, -0.15) is 11.3 Å². The molecule has 0 saturated heterocycles. The van der Waals surface area contributed by atoms with Crippen LogP contribution in [0.15, 0.2) is 31.6 Å². The summed E-state index contributed by atoms with van der Waals surface area (Å²) in [5.41, 5.74) is 0.593. The van der Waals surface area contributed by atoms with Crippen molar-refractivity contribution >= 4 is 54.3 Å². The summed E-state index contributed by atoms with van der Waals surface area (Å²) in [6.07, 6.45) is 0. The lowest BCUT2D eigenvalue weighted by Gasteiger charge is -2.05. The number of hydrogen-bond acceptors (Lipinski definition) is 5. The van der Waals surface area contributed by atoms with Crippen molar-refractivity contribution in [3.63, 3.8) is 0 Å². The third kappa shape index (κ3) is 4.05. The normalized spacial score (nSPS) is 12.0. The molecule has 2 heterocycles. The van der Waals surface area contributed by atoms with E-state index in [-0.39, 0.29) is 4.90 Å². The Morgan fingerprint density at radius 3 is 2.75 bits per heavy atom. The molecule has 0 saturated carbocycles. The summed E-state index contributed by atoms with van der Waals surface area (Å²) in [6, 6.07) is 3.81. The van der Waals surface area contributed by atoms with E-state index in [1.807, 2.05) is 5.38 Å². The van der Waals surface area contributed by atoms with Crippen LogP contribution in [-0.2, 0) is 16.6 Å². The minimum Gasteiger partial charge on any atom is -0.310 e. The third-order valence-electron chi connectivity index (χ3n) is 2.45. The topological polar surface area (TPSA) is 58.2 Å². The predicted octanol–water partition coefficient (Wildman–Crippen LogP) is 3.87. The van der Waals surface area contributed by atoms with E-state index in [0.29, 0.717) is 22.1 Å². The van der Waals surface area contributed by atoms with Crippen molar-refractivity contribution in [2.24, 2.45) is 0 Å². The zero-order chi connectivity index (χ0) is 14.8. The molecule has 0 aromatic carbocycles. The maximum absolute atomic E-state index is 12.3. The highest BCUT2D eigenvalue weighted by Gasteiger charge is 2.21. The minimum absolute atomic E-state index is 0.286. The second kappa shape index (κ2) is 6.57. The highest BCUT2D eigenvalue weighted by atomic mass is 79.9. The van der Waals surface area contributed by atoms with Crippen molar-refractivity contribution in [1.29, 1.82) is 0 Å². The second-order valence-corrected chi connectivity index (χ2v) is 9.39. The molecule has 2 N–H and O–H groups in total. The van der Waals surface area contributed by atoms with Gasteiger partial charge in [0.05, 0.1) is 9.47 Å². The van der Waals surface area contributed by atoms with Gasteiger partial charge in [0, 0.05) is 22.8 Å². The van der Waals surface area contributed by atoms with E-state index in [2.05, 4.69) is 39.8 Å². The van der Waals surface area contributed by atoms with Crippen LogP contribution in [-0.4, -0.2) is 14.5 Å². The molecule has 0 fully saturated rings. The molecule has 0 radical (unpaired) electrons. The Morgan fingerprint density at radius 2 is 2.15 bits per heavy atom. The van der Waals surface area contributed by atoms with E-state index in [1.165, 1.54) is 22.7 Å². The van der Waals surface area contributed by atoms with Crippen molar-refractivity contribution in [3.05, 3.63) is 31.6 Å². The maximum Gasteiger partial charge on any atom is 0.263 e. The molecule has 2 rings (SSSR count). The van der Waals surface area contributed by atoms with Crippen LogP contribution in [0, 0.1) is 0 Å². The highest BCUT2D eigenvalue weighted by Crippen LogP contribution is 2.33. The minimum atomic E-state index is -3.54. The van der Waals surface area contributed by atoms with Gasteiger partial charge in [-0.1, -0.05) is 13.8 Å². The Bertz CT molecular complexity index is 663. The van der Waals surface area contributed by atoms with E-state index < -0.39 is 10.0 Å². The summed E-state index contributed by atoms with van der Waals surface area (Å²) in [7, 11) is -3.54. The molecular formula is C12H15BrN2O2S3. The lowest BCUT2D eigenvalue weighted by Crippen LogP contribution is -2.21. The van der Waals surface area contributed by atoms with E-state index in [0.717, 1.165) is 4.88 Å². The van der Waals surface area contributed by atoms with E-state index in [4.69, 9.17) is 0 Å². The molecule has 110 valence electrons. The van der Waals surface area contributed by atoms with Gasteiger partial charge in [-0.15, -0.1) is 11.3 Å². The van der Waals surface area contributed by atoms with Gasteiger partial charge in [0.25, 0.3) is 10.0 Å². The Labute approximate surface area is 135 Å². The Hall–Kier alpha value is -0.410. The SMILES string of the molecule is CC(C)NCc1cc(S(=O)(=O)Nc2ccsc2)c(Br)s1. The summed E-state index contributed by atoms with van der Waals surface area (Å²) in [4.78, 5) is 1.27. The van der Waals surface area contributed by atoms with Crippen molar-refractivity contribution in [2.75, 3.05) is 4.72 Å². The zero-order valence-electron chi connectivity index (χ0n) is 11.0. The number of hydrogen-bond donors (Lipinski definition) is 2. The fourth-order valence-corrected chi connectivity index (χ4v) is 5.85. The van der Waals surface area contributed by atoms with Gasteiger partial charge in [0.1, 0.15) is 4.90 Å². The summed E-state index contributed by atoms with van der Waals surface area (Å²) < 4.78 is 27.8. The number of thiophene rings is 2. The first-order valence-electron chi connectivity index (χ1n) is 5.95. The molecule has 0 atom stereocenters. The average Bonchev–Trinajstić information content (AvgIpc) is 2.95. The van der Waals surface area contributed by atoms with Crippen molar-refractivity contribution in [2.45, 2.75) is 31.3 Å². The van der Waals surface area contributed by atoms with Crippen LogP contribution in [0.25, 0.3) is 0 Å². The molecular weight excluding hydrogens is 380 g/mol. The maximum atomic E-state index is 12.3. The van der Waals surface area contributed by atoms with Crippen molar-refractivity contribution < 1.29 is 8.42 Å². The summed E-state index contributed by atoms with van der Waals surface area (Å²) >= 11 is 6.22. The number of anilines is 1. The van der Waals surface area contributed by atoms with Gasteiger partial charge in [0.2, 0.25) is 0 Å². The Kier molecular flexibility index (Phi) is 5.25. The molecule has 0 amide bonds. The molecule has 8 heteroatoms. The fourth-order valence-electron chi connectivity index (χ4n) is 1.51. The standard InChI is InChI=1S/C12H15BrN2O2S3/c1-8(2)14-6-10-5-11(12(13)19-10)20(16,17)15-9-3-4-18-7-9/h3-5,7-8,14-15H,6H2,1-2H3. The number of halogens is 1. The molecule has 0 bridgehead atoms. The van der Waals surface area contributed by atoms with Gasteiger partial charge in [-0.25, -0.2) is 8.42 Å². The number of rotatable bonds is 6. The molecule has 20 heavy (non-hydrogen) atoms. The predicted molar refractivity (Wildman–Crippen MR) is 89.1 cm³/mol. The fraction of sp³-hybridized carbons (Fsp3) is 0.333. The van der Waals surface area contributed by atoms with Gasteiger partial charge in [-0.05, 0) is 33.4 Å².